The predicted octanol–water partition coefficient (Wildman–Crippen LogP) is 4.39. The van der Waals surface area contributed by atoms with Crippen molar-refractivity contribution >= 4 is 11.8 Å². The molecule has 1 N–H and O–H groups in total. The molecular formula is C23H22FNO3. The fraction of sp³-hybridized carbons (Fsp3) is 0.217. The first-order chi connectivity index (χ1) is 13.4. The van der Waals surface area contributed by atoms with Crippen LogP contribution in [0.25, 0.3) is 0 Å². The molecule has 0 bridgehead atoms. The summed E-state index contributed by atoms with van der Waals surface area (Å²) < 4.78 is 19.0. The Balaban J connectivity index is 1.98. The molecule has 1 atom stereocenters. The number of hydrogen-bond donors (Lipinski definition) is 1. The molecule has 5 heteroatoms. The lowest BCUT2D eigenvalue weighted by atomic mass is 9.79. The predicted molar refractivity (Wildman–Crippen MR) is 105 cm³/mol. The molecule has 2 aromatic carbocycles. The molecule has 0 unspecified atom stereocenters. The lowest BCUT2D eigenvalue weighted by Gasteiger charge is -2.30. The van der Waals surface area contributed by atoms with Gasteiger partial charge in [-0.25, -0.2) is 9.18 Å². The first-order valence-electron chi connectivity index (χ1n) is 9.04. The van der Waals surface area contributed by atoms with E-state index in [4.69, 9.17) is 4.74 Å². The van der Waals surface area contributed by atoms with E-state index in [1.54, 1.807) is 26.0 Å². The number of Topliss-reactive ketones (excluding diaryl/α,β-unsaturated/α-hetero) is 1. The molecule has 0 saturated carbocycles. The number of ketones is 1. The van der Waals surface area contributed by atoms with Crippen molar-refractivity contribution in [2.75, 3.05) is 0 Å². The summed E-state index contributed by atoms with van der Waals surface area (Å²) in [6, 6.07) is 15.2. The van der Waals surface area contributed by atoms with E-state index in [2.05, 4.69) is 5.32 Å². The Kier molecular flexibility index (Phi) is 5.73. The maximum absolute atomic E-state index is 13.4. The smallest absolute Gasteiger partial charge is 0.337 e. The molecule has 0 amide bonds. The number of allylic oxidation sites excluding steroid dienone is 3. The van der Waals surface area contributed by atoms with Crippen molar-refractivity contribution in [2.45, 2.75) is 33.3 Å². The summed E-state index contributed by atoms with van der Waals surface area (Å²) in [5.41, 5.74) is 3.67. The number of carbonyl (C=O) groups is 2. The van der Waals surface area contributed by atoms with E-state index < -0.39 is 11.9 Å². The number of ether oxygens (including phenoxy) is 1. The molecule has 4 nitrogen and oxygen atoms in total. The highest BCUT2D eigenvalue weighted by molar-refractivity contribution is 6.02. The summed E-state index contributed by atoms with van der Waals surface area (Å²) in [7, 11) is 0. The Hall–Kier alpha value is -3.21. The van der Waals surface area contributed by atoms with Crippen molar-refractivity contribution in [2.24, 2.45) is 0 Å². The third-order valence-electron chi connectivity index (χ3n) is 4.78. The first-order valence-corrected chi connectivity index (χ1v) is 9.04. The van der Waals surface area contributed by atoms with Crippen LogP contribution < -0.4 is 5.32 Å². The van der Waals surface area contributed by atoms with Crippen LogP contribution in [0.5, 0.6) is 0 Å². The van der Waals surface area contributed by atoms with E-state index >= 15 is 0 Å². The number of benzene rings is 2. The van der Waals surface area contributed by atoms with E-state index in [9.17, 15) is 14.0 Å². The second-order valence-corrected chi connectivity index (χ2v) is 6.80. The van der Waals surface area contributed by atoms with Gasteiger partial charge in [-0.05, 0) is 44.0 Å². The maximum Gasteiger partial charge on any atom is 0.337 e. The SMILES string of the molecule is CC(=O)C1=C(C)NC(C)=C(C(=O)OCc2ccccc2)[C@@H]1c1ccc(F)cc1. The molecule has 1 aliphatic rings. The summed E-state index contributed by atoms with van der Waals surface area (Å²) in [6.07, 6.45) is 0. The lowest BCUT2D eigenvalue weighted by molar-refractivity contribution is -0.140. The Morgan fingerprint density at radius 3 is 2.18 bits per heavy atom. The Morgan fingerprint density at radius 2 is 1.57 bits per heavy atom. The Bertz CT molecular complexity index is 959. The molecule has 1 heterocycles. The monoisotopic (exact) mass is 379 g/mol. The summed E-state index contributed by atoms with van der Waals surface area (Å²) in [4.78, 5) is 25.3. The summed E-state index contributed by atoms with van der Waals surface area (Å²) in [5.74, 6) is -1.64. The Morgan fingerprint density at radius 1 is 0.964 bits per heavy atom. The van der Waals surface area contributed by atoms with Gasteiger partial charge < -0.3 is 10.1 Å². The average Bonchev–Trinajstić information content (AvgIpc) is 2.66. The highest BCUT2D eigenvalue weighted by Gasteiger charge is 2.35. The third kappa shape index (κ3) is 4.03. The van der Waals surface area contributed by atoms with Crippen molar-refractivity contribution in [1.82, 2.24) is 5.32 Å². The second-order valence-electron chi connectivity index (χ2n) is 6.80. The fourth-order valence-corrected chi connectivity index (χ4v) is 3.52. The number of esters is 1. The van der Waals surface area contributed by atoms with E-state index in [1.165, 1.54) is 19.1 Å². The quantitative estimate of drug-likeness (QED) is 0.783. The fourth-order valence-electron chi connectivity index (χ4n) is 3.52. The molecule has 0 fully saturated rings. The van der Waals surface area contributed by atoms with Gasteiger partial charge in [-0.2, -0.15) is 0 Å². The molecule has 3 rings (SSSR count). The number of rotatable bonds is 5. The molecule has 144 valence electrons. The largest absolute Gasteiger partial charge is 0.457 e. The molecule has 0 aliphatic carbocycles. The highest BCUT2D eigenvalue weighted by atomic mass is 19.1. The van der Waals surface area contributed by atoms with Crippen LogP contribution in [-0.2, 0) is 20.9 Å². The molecule has 0 radical (unpaired) electrons. The van der Waals surface area contributed by atoms with Gasteiger partial charge in [0.25, 0.3) is 0 Å². The lowest BCUT2D eigenvalue weighted by Crippen LogP contribution is -2.31. The second kappa shape index (κ2) is 8.21. The summed E-state index contributed by atoms with van der Waals surface area (Å²) in [6.45, 7) is 5.16. The number of halogens is 1. The van der Waals surface area contributed by atoms with Crippen LogP contribution in [0.15, 0.2) is 77.1 Å². The van der Waals surface area contributed by atoms with Crippen molar-refractivity contribution < 1.29 is 18.7 Å². The minimum Gasteiger partial charge on any atom is -0.457 e. The van der Waals surface area contributed by atoms with E-state index in [1.807, 2.05) is 30.3 Å². The summed E-state index contributed by atoms with van der Waals surface area (Å²) >= 11 is 0. The number of dihydropyridines is 1. The van der Waals surface area contributed by atoms with E-state index in [0.29, 0.717) is 28.1 Å². The normalized spacial score (nSPS) is 16.6. The van der Waals surface area contributed by atoms with Gasteiger partial charge in [0.2, 0.25) is 0 Å². The highest BCUT2D eigenvalue weighted by Crippen LogP contribution is 2.39. The molecule has 28 heavy (non-hydrogen) atoms. The zero-order valence-corrected chi connectivity index (χ0v) is 16.1. The van der Waals surface area contributed by atoms with Gasteiger partial charge in [-0.1, -0.05) is 42.5 Å². The van der Waals surface area contributed by atoms with Gasteiger partial charge in [-0.3, -0.25) is 4.79 Å². The molecule has 1 aliphatic heterocycles. The van der Waals surface area contributed by atoms with Crippen LogP contribution in [0.4, 0.5) is 4.39 Å². The molecule has 2 aromatic rings. The number of carbonyl (C=O) groups excluding carboxylic acids is 2. The Labute approximate surface area is 163 Å². The number of hydrogen-bond acceptors (Lipinski definition) is 4. The van der Waals surface area contributed by atoms with Gasteiger partial charge in [0.1, 0.15) is 12.4 Å². The van der Waals surface area contributed by atoms with Crippen LogP contribution in [0.3, 0.4) is 0 Å². The summed E-state index contributed by atoms with van der Waals surface area (Å²) in [5, 5.41) is 3.11. The molecule has 0 aromatic heterocycles. The topological polar surface area (TPSA) is 55.4 Å². The van der Waals surface area contributed by atoms with Crippen molar-refractivity contribution in [3.05, 3.63) is 94.1 Å². The van der Waals surface area contributed by atoms with Crippen LogP contribution in [0.1, 0.15) is 37.8 Å². The van der Waals surface area contributed by atoms with Gasteiger partial charge in [-0.15, -0.1) is 0 Å². The van der Waals surface area contributed by atoms with Gasteiger partial charge in [0.05, 0.1) is 5.57 Å². The van der Waals surface area contributed by atoms with E-state index in [0.717, 1.165) is 5.56 Å². The average molecular weight is 379 g/mol. The van der Waals surface area contributed by atoms with Crippen molar-refractivity contribution in [1.29, 1.82) is 0 Å². The zero-order chi connectivity index (χ0) is 20.3. The number of nitrogens with one attached hydrogen (secondary N) is 1. The van der Waals surface area contributed by atoms with Crippen LogP contribution in [-0.4, -0.2) is 11.8 Å². The maximum atomic E-state index is 13.4. The molecule has 0 saturated heterocycles. The van der Waals surface area contributed by atoms with Crippen LogP contribution in [0.2, 0.25) is 0 Å². The third-order valence-corrected chi connectivity index (χ3v) is 4.78. The molecular weight excluding hydrogens is 357 g/mol. The van der Waals surface area contributed by atoms with Crippen LogP contribution in [0, 0.1) is 5.82 Å². The van der Waals surface area contributed by atoms with Crippen molar-refractivity contribution in [3.63, 3.8) is 0 Å². The van der Waals surface area contributed by atoms with Gasteiger partial charge in [0.15, 0.2) is 5.78 Å². The van der Waals surface area contributed by atoms with E-state index in [-0.39, 0.29) is 18.2 Å². The molecule has 0 spiro atoms. The standard InChI is InChI=1S/C23H22FNO3/c1-14-20(16(3)26)22(18-9-11-19(24)12-10-18)21(15(2)25-14)23(27)28-13-17-7-5-4-6-8-17/h4-12,22,25H,13H2,1-3H3/t22-/m1/s1. The zero-order valence-electron chi connectivity index (χ0n) is 16.1. The van der Waals surface area contributed by atoms with Crippen LogP contribution >= 0.6 is 0 Å². The van der Waals surface area contributed by atoms with Gasteiger partial charge >= 0.3 is 5.97 Å². The van der Waals surface area contributed by atoms with Crippen molar-refractivity contribution in [3.8, 4) is 0 Å². The van der Waals surface area contributed by atoms with Gasteiger partial charge in [0, 0.05) is 22.9 Å². The minimum absolute atomic E-state index is 0.130. The minimum atomic E-state index is -0.609. The first kappa shape index (κ1) is 19.5.